The number of rotatable bonds is 2. The van der Waals surface area contributed by atoms with Crippen molar-refractivity contribution in [1.82, 2.24) is 5.01 Å². The zero-order valence-electron chi connectivity index (χ0n) is 15.3. The van der Waals surface area contributed by atoms with Crippen LogP contribution in [-0.2, 0) is 0 Å². The summed E-state index contributed by atoms with van der Waals surface area (Å²) in [5, 5.41) is 8.35. The molecular formula is C23H18Cl2N2O. The summed E-state index contributed by atoms with van der Waals surface area (Å²) in [6.45, 7) is 2.09. The second-order valence-corrected chi connectivity index (χ2v) is 8.03. The first-order chi connectivity index (χ1) is 13.6. The summed E-state index contributed by atoms with van der Waals surface area (Å²) in [5.74, 6) is 0.830. The molecule has 0 saturated carbocycles. The molecule has 0 radical (unpaired) electrons. The summed E-state index contributed by atoms with van der Waals surface area (Å²) in [5.41, 5.74) is 5.36. The van der Waals surface area contributed by atoms with Crippen molar-refractivity contribution in [2.24, 2.45) is 5.10 Å². The van der Waals surface area contributed by atoms with Crippen LogP contribution in [0.4, 0.5) is 0 Å². The molecular weight excluding hydrogens is 391 g/mol. The zero-order valence-corrected chi connectivity index (χ0v) is 16.8. The Labute approximate surface area is 174 Å². The summed E-state index contributed by atoms with van der Waals surface area (Å²) < 4.78 is 6.35. The molecule has 0 aliphatic carbocycles. The van der Waals surface area contributed by atoms with Gasteiger partial charge in [0.1, 0.15) is 5.75 Å². The highest BCUT2D eigenvalue weighted by molar-refractivity contribution is 6.31. The van der Waals surface area contributed by atoms with Crippen molar-refractivity contribution in [3.8, 4) is 5.75 Å². The predicted octanol–water partition coefficient (Wildman–Crippen LogP) is 6.54. The monoisotopic (exact) mass is 408 g/mol. The van der Waals surface area contributed by atoms with Gasteiger partial charge in [0.2, 0.25) is 6.23 Å². The summed E-state index contributed by atoms with van der Waals surface area (Å²) in [6, 6.07) is 22.1. The lowest BCUT2D eigenvalue weighted by atomic mass is 9.95. The number of halogens is 2. The molecule has 0 bridgehead atoms. The molecule has 0 unspecified atom stereocenters. The Hall–Kier alpha value is -2.49. The quantitative estimate of drug-likeness (QED) is 0.480. The molecule has 2 atom stereocenters. The van der Waals surface area contributed by atoms with Crippen LogP contribution < -0.4 is 4.74 Å². The lowest BCUT2D eigenvalue weighted by Crippen LogP contribution is -2.33. The first-order valence-electron chi connectivity index (χ1n) is 9.23. The van der Waals surface area contributed by atoms with Gasteiger partial charge in [-0.3, -0.25) is 0 Å². The molecule has 0 spiro atoms. The average Bonchev–Trinajstić information content (AvgIpc) is 3.14. The van der Waals surface area contributed by atoms with E-state index >= 15 is 0 Å². The fourth-order valence-corrected chi connectivity index (χ4v) is 4.27. The highest BCUT2D eigenvalue weighted by Crippen LogP contribution is 2.49. The number of hydrogen-bond acceptors (Lipinski definition) is 3. The van der Waals surface area contributed by atoms with Gasteiger partial charge in [-0.2, -0.15) is 5.10 Å². The minimum absolute atomic E-state index is 0.0556. The van der Waals surface area contributed by atoms with Gasteiger partial charge in [0.05, 0.1) is 11.8 Å². The molecule has 0 fully saturated rings. The second-order valence-electron chi connectivity index (χ2n) is 7.19. The minimum atomic E-state index is -0.379. The molecule has 2 heterocycles. The van der Waals surface area contributed by atoms with Crippen LogP contribution >= 0.6 is 23.2 Å². The van der Waals surface area contributed by atoms with Crippen LogP contribution in [0.25, 0.3) is 0 Å². The summed E-state index contributed by atoms with van der Waals surface area (Å²) in [4.78, 5) is 0. The third kappa shape index (κ3) is 2.95. The topological polar surface area (TPSA) is 24.8 Å². The molecule has 3 nitrogen and oxygen atoms in total. The minimum Gasteiger partial charge on any atom is -0.464 e. The van der Waals surface area contributed by atoms with Crippen molar-refractivity contribution < 1.29 is 4.74 Å². The molecule has 3 aromatic rings. The van der Waals surface area contributed by atoms with E-state index in [-0.39, 0.29) is 12.3 Å². The Balaban J connectivity index is 1.62. The van der Waals surface area contributed by atoms with E-state index in [1.807, 2.05) is 47.5 Å². The van der Waals surface area contributed by atoms with Crippen molar-refractivity contribution in [3.05, 3.63) is 99.0 Å². The van der Waals surface area contributed by atoms with E-state index in [4.69, 9.17) is 33.0 Å². The van der Waals surface area contributed by atoms with Crippen molar-refractivity contribution in [3.63, 3.8) is 0 Å². The molecule has 5 rings (SSSR count). The van der Waals surface area contributed by atoms with E-state index < -0.39 is 0 Å². The van der Waals surface area contributed by atoms with Gasteiger partial charge in [-0.15, -0.1) is 0 Å². The average molecular weight is 409 g/mol. The van der Waals surface area contributed by atoms with Crippen molar-refractivity contribution in [2.75, 3.05) is 0 Å². The van der Waals surface area contributed by atoms with E-state index in [0.29, 0.717) is 10.0 Å². The number of fused-ring (bicyclic) bond motifs is 3. The van der Waals surface area contributed by atoms with Crippen LogP contribution in [0.15, 0.2) is 71.8 Å². The number of aryl methyl sites for hydroxylation is 1. The van der Waals surface area contributed by atoms with Gasteiger partial charge < -0.3 is 4.74 Å². The van der Waals surface area contributed by atoms with Crippen molar-refractivity contribution in [1.29, 1.82) is 0 Å². The first kappa shape index (κ1) is 17.6. The van der Waals surface area contributed by atoms with Gasteiger partial charge in [0.15, 0.2) is 0 Å². The second kappa shape index (κ2) is 6.84. The molecule has 0 amide bonds. The maximum Gasteiger partial charge on any atom is 0.215 e. The van der Waals surface area contributed by atoms with Gasteiger partial charge in [0.25, 0.3) is 0 Å². The van der Waals surface area contributed by atoms with Crippen LogP contribution in [0.3, 0.4) is 0 Å². The van der Waals surface area contributed by atoms with Gasteiger partial charge >= 0.3 is 0 Å². The molecule has 0 N–H and O–H groups in total. The number of hydrazone groups is 1. The molecule has 5 heteroatoms. The fraction of sp³-hybridized carbons (Fsp3) is 0.174. The molecule has 0 aromatic heterocycles. The largest absolute Gasteiger partial charge is 0.464 e. The number of nitrogens with zero attached hydrogens (tertiary/aromatic N) is 2. The van der Waals surface area contributed by atoms with E-state index in [9.17, 15) is 0 Å². The van der Waals surface area contributed by atoms with Crippen molar-refractivity contribution in [2.45, 2.75) is 25.6 Å². The van der Waals surface area contributed by atoms with Gasteiger partial charge in [-0.25, -0.2) is 5.01 Å². The standard InChI is InChI=1S/C23H18Cl2N2O/c1-14-6-8-15(9-7-14)20-13-21-18-12-16(24)10-11-22(18)28-23(27(21)26-20)17-4-2-3-5-19(17)25/h2-12,21,23H,13H2,1H3/t21-,23-/m0/s1. The van der Waals surface area contributed by atoms with E-state index in [2.05, 4.69) is 31.2 Å². The van der Waals surface area contributed by atoms with Gasteiger partial charge in [-0.05, 0) is 36.8 Å². The highest BCUT2D eigenvalue weighted by Gasteiger charge is 2.41. The SMILES string of the molecule is Cc1ccc(C2=NN3[C@@H](C2)c2cc(Cl)ccc2O[C@H]3c2ccccc2Cl)cc1. The molecule has 140 valence electrons. The predicted molar refractivity (Wildman–Crippen MR) is 113 cm³/mol. The van der Waals surface area contributed by atoms with Crippen LogP contribution in [-0.4, -0.2) is 10.7 Å². The normalized spacial score (nSPS) is 20.2. The maximum absolute atomic E-state index is 6.49. The fourth-order valence-electron chi connectivity index (χ4n) is 3.86. The summed E-state index contributed by atoms with van der Waals surface area (Å²) >= 11 is 12.8. The third-order valence-electron chi connectivity index (χ3n) is 5.31. The zero-order chi connectivity index (χ0) is 19.3. The molecule has 28 heavy (non-hydrogen) atoms. The molecule has 0 saturated heterocycles. The van der Waals surface area contributed by atoms with Crippen LogP contribution in [0.2, 0.25) is 10.0 Å². The number of hydrogen-bond donors (Lipinski definition) is 0. The third-order valence-corrected chi connectivity index (χ3v) is 5.89. The molecule has 2 aliphatic rings. The van der Waals surface area contributed by atoms with E-state index in [1.54, 1.807) is 0 Å². The first-order valence-corrected chi connectivity index (χ1v) is 9.99. The smallest absolute Gasteiger partial charge is 0.215 e. The van der Waals surface area contributed by atoms with Crippen LogP contribution in [0.5, 0.6) is 5.75 Å². The van der Waals surface area contributed by atoms with Crippen molar-refractivity contribution >= 4 is 28.9 Å². The van der Waals surface area contributed by atoms with Gasteiger partial charge in [-0.1, -0.05) is 71.2 Å². The Kier molecular flexibility index (Phi) is 4.30. The Morgan fingerprint density at radius 1 is 0.964 bits per heavy atom. The highest BCUT2D eigenvalue weighted by atomic mass is 35.5. The van der Waals surface area contributed by atoms with Gasteiger partial charge in [0, 0.05) is 27.6 Å². The maximum atomic E-state index is 6.49. The number of ether oxygens (including phenoxy) is 1. The lowest BCUT2D eigenvalue weighted by molar-refractivity contribution is -0.0189. The summed E-state index contributed by atoms with van der Waals surface area (Å²) in [7, 11) is 0. The Morgan fingerprint density at radius 3 is 2.54 bits per heavy atom. The van der Waals surface area contributed by atoms with Crippen LogP contribution in [0, 0.1) is 6.92 Å². The number of benzene rings is 3. The van der Waals surface area contributed by atoms with E-state index in [0.717, 1.165) is 34.6 Å². The van der Waals surface area contributed by atoms with Crippen LogP contribution in [0.1, 0.15) is 40.9 Å². The van der Waals surface area contributed by atoms with E-state index in [1.165, 1.54) is 5.56 Å². The molecule has 3 aromatic carbocycles. The lowest BCUT2D eigenvalue weighted by Gasteiger charge is -2.38. The Morgan fingerprint density at radius 2 is 1.75 bits per heavy atom. The summed E-state index contributed by atoms with van der Waals surface area (Å²) in [6.07, 6.45) is 0.413. The molecule has 2 aliphatic heterocycles. The Bertz CT molecular complexity index is 1080.